The highest BCUT2D eigenvalue weighted by molar-refractivity contribution is 5.80. The van der Waals surface area contributed by atoms with Crippen LogP contribution in [0.2, 0.25) is 0 Å². The van der Waals surface area contributed by atoms with E-state index < -0.39 is 23.7 Å². The van der Waals surface area contributed by atoms with Crippen LogP contribution in [0.5, 0.6) is 5.75 Å². The van der Waals surface area contributed by atoms with E-state index in [1.54, 1.807) is 50.5 Å². The van der Waals surface area contributed by atoms with Crippen molar-refractivity contribution in [3.05, 3.63) is 54.9 Å². The molecule has 0 saturated carbocycles. The van der Waals surface area contributed by atoms with Gasteiger partial charge < -0.3 is 25.0 Å². The lowest BCUT2D eigenvalue weighted by atomic mass is 10.1. The lowest BCUT2D eigenvalue weighted by Crippen LogP contribution is -2.38. The van der Waals surface area contributed by atoms with E-state index in [0.29, 0.717) is 30.4 Å². The molecule has 172 valence electrons. The minimum atomic E-state index is -0.688. The second-order valence-corrected chi connectivity index (χ2v) is 8.30. The van der Waals surface area contributed by atoms with Crippen molar-refractivity contribution in [2.75, 3.05) is 31.3 Å². The third-order valence-corrected chi connectivity index (χ3v) is 4.04. The lowest BCUT2D eigenvalue weighted by molar-refractivity contribution is -0.155. The maximum absolute atomic E-state index is 12.9. The minimum absolute atomic E-state index is 0.343. The fraction of sp³-hybridized carbons (Fsp3) is 0.391. The number of carbonyl (C=O) groups is 2. The van der Waals surface area contributed by atoms with Gasteiger partial charge in [0.2, 0.25) is 0 Å². The van der Waals surface area contributed by atoms with E-state index in [2.05, 4.69) is 27.2 Å². The molecule has 32 heavy (non-hydrogen) atoms. The SMILES string of the molecule is C=CCNc1cc(N[C@@H](Cc2ccc(OC(=O)N(C)C)cc2)C(=O)OC(C)(C)C)ncn1. The molecule has 9 nitrogen and oxygen atoms in total. The molecule has 0 saturated heterocycles. The normalized spacial score (nSPS) is 11.8. The summed E-state index contributed by atoms with van der Waals surface area (Å²) >= 11 is 0. The van der Waals surface area contributed by atoms with Crippen LogP contribution in [0, 0.1) is 0 Å². The fourth-order valence-corrected chi connectivity index (χ4v) is 2.58. The number of ether oxygens (including phenoxy) is 2. The van der Waals surface area contributed by atoms with Crippen LogP contribution in [0.3, 0.4) is 0 Å². The van der Waals surface area contributed by atoms with Gasteiger partial charge in [-0.3, -0.25) is 0 Å². The van der Waals surface area contributed by atoms with Crippen molar-refractivity contribution in [1.29, 1.82) is 0 Å². The number of hydrogen-bond acceptors (Lipinski definition) is 8. The number of rotatable bonds is 9. The summed E-state index contributed by atoms with van der Waals surface area (Å²) in [6.45, 7) is 9.67. The van der Waals surface area contributed by atoms with Crippen LogP contribution in [-0.4, -0.2) is 59.2 Å². The summed E-state index contributed by atoms with van der Waals surface area (Å²) in [5, 5.41) is 6.23. The molecule has 0 unspecified atom stereocenters. The summed E-state index contributed by atoms with van der Waals surface area (Å²) in [6.07, 6.45) is 3.01. The van der Waals surface area contributed by atoms with E-state index in [9.17, 15) is 9.59 Å². The maximum Gasteiger partial charge on any atom is 0.414 e. The van der Waals surface area contributed by atoms with E-state index >= 15 is 0 Å². The predicted molar refractivity (Wildman–Crippen MR) is 124 cm³/mol. The van der Waals surface area contributed by atoms with Gasteiger partial charge >= 0.3 is 12.1 Å². The molecule has 0 radical (unpaired) electrons. The van der Waals surface area contributed by atoms with Gasteiger partial charge in [0.1, 0.15) is 35.4 Å². The first kappa shape index (κ1) is 24.6. The summed E-state index contributed by atoms with van der Waals surface area (Å²) in [4.78, 5) is 34.3. The summed E-state index contributed by atoms with van der Waals surface area (Å²) in [6, 6.07) is 8.00. The molecule has 9 heteroatoms. The monoisotopic (exact) mass is 441 g/mol. The smallest absolute Gasteiger partial charge is 0.414 e. The van der Waals surface area contributed by atoms with Gasteiger partial charge in [0, 0.05) is 33.1 Å². The van der Waals surface area contributed by atoms with Gasteiger partial charge in [-0.2, -0.15) is 0 Å². The minimum Gasteiger partial charge on any atom is -0.458 e. The molecule has 1 aromatic heterocycles. The number of benzene rings is 1. The van der Waals surface area contributed by atoms with Gasteiger partial charge in [0.05, 0.1) is 0 Å². The second kappa shape index (κ2) is 11.1. The summed E-state index contributed by atoms with van der Waals surface area (Å²) in [5.74, 6) is 1.11. The standard InChI is InChI=1S/C23H31N5O4/c1-7-12-24-19-14-20(26-15-25-19)27-18(21(29)32-23(2,3)4)13-16-8-10-17(11-9-16)31-22(30)28(5)6/h7-11,14-15,18H,1,12-13H2,2-6H3,(H2,24,25,26,27)/t18-/m0/s1. The molecule has 2 rings (SSSR count). The number of nitrogens with one attached hydrogen (secondary N) is 2. The zero-order chi connectivity index (χ0) is 23.7. The molecule has 0 spiro atoms. The Balaban J connectivity index is 2.17. The Morgan fingerprint density at radius 2 is 1.81 bits per heavy atom. The van der Waals surface area contributed by atoms with Crippen LogP contribution in [0.1, 0.15) is 26.3 Å². The number of nitrogens with zero attached hydrogens (tertiary/aromatic N) is 3. The van der Waals surface area contributed by atoms with Crippen molar-refractivity contribution in [3.63, 3.8) is 0 Å². The van der Waals surface area contributed by atoms with E-state index in [1.807, 2.05) is 20.8 Å². The summed E-state index contributed by atoms with van der Waals surface area (Å²) < 4.78 is 10.8. The first-order valence-corrected chi connectivity index (χ1v) is 10.2. The molecule has 0 aliphatic carbocycles. The zero-order valence-electron chi connectivity index (χ0n) is 19.2. The molecule has 2 aromatic rings. The van der Waals surface area contributed by atoms with Crippen molar-refractivity contribution in [3.8, 4) is 5.75 Å². The maximum atomic E-state index is 12.9. The Hall–Kier alpha value is -3.62. The Morgan fingerprint density at radius 3 is 2.41 bits per heavy atom. The average Bonchev–Trinajstić information content (AvgIpc) is 2.72. The molecule has 0 bridgehead atoms. The van der Waals surface area contributed by atoms with Crippen LogP contribution in [0.25, 0.3) is 0 Å². The predicted octanol–water partition coefficient (Wildman–Crippen LogP) is 3.50. The van der Waals surface area contributed by atoms with E-state index in [-0.39, 0.29) is 0 Å². The first-order chi connectivity index (χ1) is 15.1. The van der Waals surface area contributed by atoms with Gasteiger partial charge in [0.25, 0.3) is 0 Å². The van der Waals surface area contributed by atoms with E-state index in [1.165, 1.54) is 11.2 Å². The Morgan fingerprint density at radius 1 is 1.16 bits per heavy atom. The molecule has 1 atom stereocenters. The molecular formula is C23H31N5O4. The van der Waals surface area contributed by atoms with Crippen LogP contribution in [-0.2, 0) is 16.0 Å². The number of carbonyl (C=O) groups excluding carboxylic acids is 2. The number of esters is 1. The van der Waals surface area contributed by atoms with Crippen molar-refractivity contribution in [2.24, 2.45) is 0 Å². The summed E-state index contributed by atoms with van der Waals surface area (Å²) in [7, 11) is 3.22. The Kier molecular flexibility index (Phi) is 8.57. The van der Waals surface area contributed by atoms with Crippen LogP contribution >= 0.6 is 0 Å². The summed E-state index contributed by atoms with van der Waals surface area (Å²) in [5.41, 5.74) is 0.223. The molecule has 0 aliphatic heterocycles. The Labute approximate surface area is 188 Å². The molecule has 0 aliphatic rings. The number of hydrogen-bond donors (Lipinski definition) is 2. The Bertz CT molecular complexity index is 923. The van der Waals surface area contributed by atoms with E-state index in [0.717, 1.165) is 5.56 Å². The second-order valence-electron chi connectivity index (χ2n) is 8.30. The molecule has 1 aromatic carbocycles. The topological polar surface area (TPSA) is 106 Å². The number of aromatic nitrogens is 2. The number of amides is 1. The van der Waals surface area contributed by atoms with Gasteiger partial charge in [0.15, 0.2) is 0 Å². The third-order valence-electron chi connectivity index (χ3n) is 4.04. The van der Waals surface area contributed by atoms with Gasteiger partial charge in [-0.15, -0.1) is 6.58 Å². The van der Waals surface area contributed by atoms with Gasteiger partial charge in [-0.1, -0.05) is 18.2 Å². The van der Waals surface area contributed by atoms with Crippen molar-refractivity contribution in [1.82, 2.24) is 14.9 Å². The average molecular weight is 442 g/mol. The highest BCUT2D eigenvalue weighted by Gasteiger charge is 2.26. The van der Waals surface area contributed by atoms with E-state index in [4.69, 9.17) is 9.47 Å². The van der Waals surface area contributed by atoms with Crippen LogP contribution in [0.4, 0.5) is 16.4 Å². The van der Waals surface area contributed by atoms with Gasteiger partial charge in [-0.05, 0) is 38.5 Å². The van der Waals surface area contributed by atoms with Gasteiger partial charge in [-0.25, -0.2) is 19.6 Å². The highest BCUT2D eigenvalue weighted by Crippen LogP contribution is 2.18. The quantitative estimate of drug-likeness (QED) is 0.450. The molecule has 2 N–H and O–H groups in total. The molecular weight excluding hydrogens is 410 g/mol. The third kappa shape index (κ3) is 8.25. The fourth-order valence-electron chi connectivity index (χ4n) is 2.58. The lowest BCUT2D eigenvalue weighted by Gasteiger charge is -2.25. The zero-order valence-corrected chi connectivity index (χ0v) is 19.2. The van der Waals surface area contributed by atoms with Crippen molar-refractivity contribution in [2.45, 2.75) is 38.8 Å². The number of anilines is 2. The molecule has 1 heterocycles. The van der Waals surface area contributed by atoms with Crippen molar-refractivity contribution < 1.29 is 19.1 Å². The van der Waals surface area contributed by atoms with Crippen molar-refractivity contribution >= 4 is 23.7 Å². The van der Waals surface area contributed by atoms with Crippen LogP contribution < -0.4 is 15.4 Å². The highest BCUT2D eigenvalue weighted by atomic mass is 16.6. The molecule has 0 fully saturated rings. The largest absolute Gasteiger partial charge is 0.458 e. The first-order valence-electron chi connectivity index (χ1n) is 10.2. The van der Waals surface area contributed by atoms with Crippen LogP contribution in [0.15, 0.2) is 49.3 Å². The molecule has 1 amide bonds.